The summed E-state index contributed by atoms with van der Waals surface area (Å²) in [5, 5.41) is 4.25. The zero-order chi connectivity index (χ0) is 15.2. The summed E-state index contributed by atoms with van der Waals surface area (Å²) < 4.78 is 0. The quantitative estimate of drug-likeness (QED) is 0.840. The highest BCUT2D eigenvalue weighted by Gasteiger charge is 2.22. The van der Waals surface area contributed by atoms with Crippen molar-refractivity contribution in [2.75, 3.05) is 26.7 Å². The summed E-state index contributed by atoms with van der Waals surface area (Å²) in [5.74, 6) is 1.76. The molecule has 0 saturated carbocycles. The van der Waals surface area contributed by atoms with Crippen LogP contribution in [-0.4, -0.2) is 31.6 Å². The van der Waals surface area contributed by atoms with E-state index in [4.69, 9.17) is 11.6 Å². The standard InChI is InChI=1S/C18H29ClN2/c1-14(2)15-7-10-21(11-8-15)12-9-18(20-3)16-5-4-6-17(19)13-16/h4-6,13-15,18,20H,7-12H2,1-3H3. The molecule has 0 spiro atoms. The van der Waals surface area contributed by atoms with E-state index in [1.165, 1.54) is 38.0 Å². The molecule has 0 radical (unpaired) electrons. The normalized spacial score (nSPS) is 19.1. The van der Waals surface area contributed by atoms with Gasteiger partial charge in [-0.1, -0.05) is 37.6 Å². The topological polar surface area (TPSA) is 15.3 Å². The summed E-state index contributed by atoms with van der Waals surface area (Å²) in [4.78, 5) is 2.62. The lowest BCUT2D eigenvalue weighted by atomic mass is 9.86. The molecule has 2 rings (SSSR count). The molecular weight excluding hydrogens is 280 g/mol. The van der Waals surface area contributed by atoms with Crippen molar-refractivity contribution in [1.82, 2.24) is 10.2 Å². The van der Waals surface area contributed by atoms with Crippen molar-refractivity contribution in [3.05, 3.63) is 34.9 Å². The van der Waals surface area contributed by atoms with Crippen LogP contribution in [0.2, 0.25) is 5.02 Å². The van der Waals surface area contributed by atoms with Gasteiger partial charge in [0, 0.05) is 11.1 Å². The van der Waals surface area contributed by atoms with Crippen LogP contribution >= 0.6 is 11.6 Å². The van der Waals surface area contributed by atoms with Gasteiger partial charge in [0.15, 0.2) is 0 Å². The SMILES string of the molecule is CNC(CCN1CCC(C(C)C)CC1)c1cccc(Cl)c1. The van der Waals surface area contributed by atoms with E-state index in [0.717, 1.165) is 23.3 Å². The Balaban J connectivity index is 1.82. The predicted octanol–water partition coefficient (Wildman–Crippen LogP) is 4.36. The Morgan fingerprint density at radius 1 is 1.29 bits per heavy atom. The number of piperidine rings is 1. The number of hydrogen-bond donors (Lipinski definition) is 1. The second-order valence-electron chi connectivity index (χ2n) is 6.61. The smallest absolute Gasteiger partial charge is 0.0409 e. The minimum absolute atomic E-state index is 0.395. The average molecular weight is 309 g/mol. The van der Waals surface area contributed by atoms with Crippen LogP contribution < -0.4 is 5.32 Å². The maximum Gasteiger partial charge on any atom is 0.0409 e. The molecule has 1 saturated heterocycles. The van der Waals surface area contributed by atoms with Crippen molar-refractivity contribution in [2.45, 2.75) is 39.2 Å². The highest BCUT2D eigenvalue weighted by atomic mass is 35.5. The van der Waals surface area contributed by atoms with Gasteiger partial charge in [-0.2, -0.15) is 0 Å². The van der Waals surface area contributed by atoms with Gasteiger partial charge in [0.1, 0.15) is 0 Å². The second kappa shape index (κ2) is 8.17. The molecule has 0 aromatic heterocycles. The zero-order valence-electron chi connectivity index (χ0n) is 13.6. The number of benzene rings is 1. The monoisotopic (exact) mass is 308 g/mol. The molecule has 1 aromatic rings. The van der Waals surface area contributed by atoms with Crippen molar-refractivity contribution in [2.24, 2.45) is 11.8 Å². The fourth-order valence-corrected chi connectivity index (χ4v) is 3.55. The molecule has 1 unspecified atom stereocenters. The van der Waals surface area contributed by atoms with Crippen molar-refractivity contribution < 1.29 is 0 Å². The molecule has 0 aliphatic carbocycles. The van der Waals surface area contributed by atoms with Gasteiger partial charge < -0.3 is 10.2 Å². The van der Waals surface area contributed by atoms with Crippen molar-refractivity contribution in [1.29, 1.82) is 0 Å². The Labute approximate surface area is 134 Å². The van der Waals surface area contributed by atoms with Gasteiger partial charge in [-0.3, -0.25) is 0 Å². The van der Waals surface area contributed by atoms with Gasteiger partial charge in [-0.05, 0) is 75.5 Å². The van der Waals surface area contributed by atoms with Crippen molar-refractivity contribution in [3.63, 3.8) is 0 Å². The molecule has 1 aliphatic rings. The molecule has 1 aliphatic heterocycles. The second-order valence-corrected chi connectivity index (χ2v) is 7.04. The van der Waals surface area contributed by atoms with E-state index in [-0.39, 0.29) is 0 Å². The molecule has 0 bridgehead atoms. The maximum atomic E-state index is 6.10. The van der Waals surface area contributed by atoms with E-state index in [9.17, 15) is 0 Å². The summed E-state index contributed by atoms with van der Waals surface area (Å²) in [6.45, 7) is 8.40. The molecule has 1 fully saturated rings. The molecule has 1 atom stereocenters. The Kier molecular flexibility index (Phi) is 6.53. The average Bonchev–Trinajstić information content (AvgIpc) is 2.48. The highest BCUT2D eigenvalue weighted by Crippen LogP contribution is 2.26. The minimum atomic E-state index is 0.395. The lowest BCUT2D eigenvalue weighted by molar-refractivity contribution is 0.153. The number of nitrogens with one attached hydrogen (secondary N) is 1. The highest BCUT2D eigenvalue weighted by molar-refractivity contribution is 6.30. The number of hydrogen-bond acceptors (Lipinski definition) is 2. The van der Waals surface area contributed by atoms with Crippen LogP contribution in [0, 0.1) is 11.8 Å². The van der Waals surface area contributed by atoms with E-state index < -0.39 is 0 Å². The Morgan fingerprint density at radius 2 is 2.00 bits per heavy atom. The molecule has 2 nitrogen and oxygen atoms in total. The predicted molar refractivity (Wildman–Crippen MR) is 91.9 cm³/mol. The van der Waals surface area contributed by atoms with E-state index in [0.29, 0.717) is 6.04 Å². The molecule has 1 N–H and O–H groups in total. The summed E-state index contributed by atoms with van der Waals surface area (Å²) in [6.07, 6.45) is 3.86. The Morgan fingerprint density at radius 3 is 2.57 bits per heavy atom. The van der Waals surface area contributed by atoms with Gasteiger partial charge >= 0.3 is 0 Å². The van der Waals surface area contributed by atoms with Gasteiger partial charge in [-0.25, -0.2) is 0 Å². The first kappa shape index (κ1) is 16.8. The van der Waals surface area contributed by atoms with Crippen LogP contribution in [-0.2, 0) is 0 Å². The Hall–Kier alpha value is -0.570. The largest absolute Gasteiger partial charge is 0.313 e. The van der Waals surface area contributed by atoms with Crippen LogP contribution in [0.15, 0.2) is 24.3 Å². The first-order valence-corrected chi connectivity index (χ1v) is 8.63. The van der Waals surface area contributed by atoms with Gasteiger partial charge in [0.05, 0.1) is 0 Å². The molecule has 118 valence electrons. The fourth-order valence-electron chi connectivity index (χ4n) is 3.36. The van der Waals surface area contributed by atoms with E-state index in [1.54, 1.807) is 0 Å². The molecule has 1 aromatic carbocycles. The number of halogens is 1. The van der Waals surface area contributed by atoms with Crippen molar-refractivity contribution >= 4 is 11.6 Å². The molecule has 21 heavy (non-hydrogen) atoms. The molecule has 3 heteroatoms. The van der Waals surface area contributed by atoms with Crippen molar-refractivity contribution in [3.8, 4) is 0 Å². The third-order valence-electron chi connectivity index (χ3n) is 4.91. The fraction of sp³-hybridized carbons (Fsp3) is 0.667. The minimum Gasteiger partial charge on any atom is -0.313 e. The van der Waals surface area contributed by atoms with Gasteiger partial charge in [0.25, 0.3) is 0 Å². The summed E-state index contributed by atoms with van der Waals surface area (Å²) >= 11 is 6.10. The third-order valence-corrected chi connectivity index (χ3v) is 5.14. The summed E-state index contributed by atoms with van der Waals surface area (Å²) in [5.41, 5.74) is 1.29. The summed E-state index contributed by atoms with van der Waals surface area (Å²) in [7, 11) is 2.04. The lowest BCUT2D eigenvalue weighted by Gasteiger charge is -2.34. The zero-order valence-corrected chi connectivity index (χ0v) is 14.4. The van der Waals surface area contributed by atoms with Crippen LogP contribution in [0.1, 0.15) is 44.7 Å². The Bertz CT molecular complexity index is 425. The first-order chi connectivity index (χ1) is 10.1. The van der Waals surface area contributed by atoms with Gasteiger partial charge in [0.2, 0.25) is 0 Å². The van der Waals surface area contributed by atoms with E-state index >= 15 is 0 Å². The molecule has 0 amide bonds. The van der Waals surface area contributed by atoms with Crippen LogP contribution in [0.25, 0.3) is 0 Å². The summed E-state index contributed by atoms with van der Waals surface area (Å²) in [6, 6.07) is 8.61. The van der Waals surface area contributed by atoms with E-state index in [2.05, 4.69) is 36.2 Å². The maximum absolute atomic E-state index is 6.10. The number of rotatable bonds is 6. The van der Waals surface area contributed by atoms with Gasteiger partial charge in [-0.15, -0.1) is 0 Å². The van der Waals surface area contributed by atoms with Crippen LogP contribution in [0.3, 0.4) is 0 Å². The van der Waals surface area contributed by atoms with Crippen LogP contribution in [0.5, 0.6) is 0 Å². The lowest BCUT2D eigenvalue weighted by Crippen LogP contribution is -2.37. The molecule has 1 heterocycles. The molecular formula is C18H29ClN2. The number of likely N-dealkylation sites (tertiary alicyclic amines) is 1. The first-order valence-electron chi connectivity index (χ1n) is 8.25. The third kappa shape index (κ3) is 4.98. The number of nitrogens with zero attached hydrogens (tertiary/aromatic N) is 1. The van der Waals surface area contributed by atoms with E-state index in [1.807, 2.05) is 19.2 Å². The van der Waals surface area contributed by atoms with Crippen LogP contribution in [0.4, 0.5) is 0 Å².